The fraction of sp³-hybridized carbons (Fsp3) is 0.410. The molecule has 18 nitrogen and oxygen atoms in total. The van der Waals surface area contributed by atoms with Crippen LogP contribution in [0.4, 0.5) is 0 Å². The van der Waals surface area contributed by atoms with Gasteiger partial charge in [-0.3, -0.25) is 29.1 Å². The number of nitrogens with zero attached hydrogens (tertiary/aromatic N) is 2. The number of guanidine groups is 1. The topological polar surface area (TPSA) is 289 Å². The number of nitrogens with one attached hydrogen (secondary N) is 2. The summed E-state index contributed by atoms with van der Waals surface area (Å²) < 4.78 is 17.7. The number of imide groups is 1. The number of rotatable bonds is 12. The summed E-state index contributed by atoms with van der Waals surface area (Å²) in [7, 11) is 2.82. The normalized spacial score (nSPS) is 25.1. The maximum atomic E-state index is 14.5. The van der Waals surface area contributed by atoms with E-state index in [0.717, 1.165) is 17.1 Å². The highest BCUT2D eigenvalue weighted by atomic mass is 16.7. The Kier molecular flexibility index (Phi) is 11.5. The molecule has 6 atom stereocenters. The molecule has 3 aliphatic heterocycles. The zero-order chi connectivity index (χ0) is 41.5. The number of nitrogens with two attached hydrogens (primary N) is 2. The molecule has 6 unspecified atom stereocenters. The van der Waals surface area contributed by atoms with Gasteiger partial charge < -0.3 is 61.8 Å². The van der Waals surface area contributed by atoms with Gasteiger partial charge in [-0.1, -0.05) is 13.0 Å². The summed E-state index contributed by atoms with van der Waals surface area (Å²) in [5.41, 5.74) is 10.3. The Hall–Kier alpha value is -5.79. The SMILES string of the molecule is CCc1c(OC)cc(OC2OC(CO)C(O)(CC(CN3C(=O)C=CC3=O)C3=CCNC(N)=C3)C(O)C2O)c2c1C(=O)c1cc(C)c(CNC(N)=NC)c(O)c1C2=O. The quantitative estimate of drug-likeness (QED) is 0.0597. The van der Waals surface area contributed by atoms with Crippen LogP contribution in [-0.4, -0.2) is 124 Å². The van der Waals surface area contributed by atoms with E-state index >= 15 is 0 Å². The van der Waals surface area contributed by atoms with Gasteiger partial charge in [0.15, 0.2) is 11.7 Å². The van der Waals surface area contributed by atoms with Crippen LogP contribution in [0.5, 0.6) is 17.2 Å². The van der Waals surface area contributed by atoms with Crippen LogP contribution in [0.2, 0.25) is 0 Å². The molecule has 1 aliphatic carbocycles. The van der Waals surface area contributed by atoms with Crippen LogP contribution in [-0.2, 0) is 27.3 Å². The number of methoxy groups -OCH3 is 1. The number of hydrogen-bond donors (Lipinski definition) is 9. The van der Waals surface area contributed by atoms with E-state index in [1.54, 1.807) is 26.0 Å². The summed E-state index contributed by atoms with van der Waals surface area (Å²) >= 11 is 0. The smallest absolute Gasteiger partial charge is 0.253 e. The Balaban J connectivity index is 1.37. The average Bonchev–Trinajstić information content (AvgIpc) is 3.51. The van der Waals surface area contributed by atoms with Gasteiger partial charge in [0.05, 0.1) is 30.7 Å². The molecular weight excluding hydrogens is 744 g/mol. The number of aliphatic hydroxyl groups is 4. The second-order valence-electron chi connectivity index (χ2n) is 14.1. The number of phenols is 1. The fourth-order valence-electron chi connectivity index (χ4n) is 7.81. The van der Waals surface area contributed by atoms with Crippen molar-refractivity contribution in [1.82, 2.24) is 15.5 Å². The van der Waals surface area contributed by atoms with Crippen LogP contribution in [0.25, 0.3) is 0 Å². The largest absolute Gasteiger partial charge is 0.507 e. The van der Waals surface area contributed by atoms with Crippen LogP contribution < -0.4 is 31.6 Å². The van der Waals surface area contributed by atoms with Gasteiger partial charge in [0, 0.05) is 73.1 Å². The number of aryl methyl sites for hydroxylation is 1. The number of aromatic hydroxyl groups is 1. The number of aliphatic imine (C=N–C) groups is 1. The summed E-state index contributed by atoms with van der Waals surface area (Å²) in [6, 6.07) is 2.81. The number of ketones is 2. The van der Waals surface area contributed by atoms with Crippen molar-refractivity contribution in [3.63, 3.8) is 0 Å². The van der Waals surface area contributed by atoms with Crippen molar-refractivity contribution in [2.45, 2.75) is 63.4 Å². The van der Waals surface area contributed by atoms with Gasteiger partial charge in [0.25, 0.3) is 11.8 Å². The predicted octanol–water partition coefficient (Wildman–Crippen LogP) is -1.11. The number of benzene rings is 2. The number of allylic oxidation sites excluding steroid dienone is 1. The number of fused-ring (bicyclic) bond motifs is 2. The Morgan fingerprint density at radius 2 is 1.81 bits per heavy atom. The number of dihydropyridines is 1. The van der Waals surface area contributed by atoms with E-state index in [1.165, 1.54) is 26.3 Å². The molecule has 3 heterocycles. The monoisotopic (exact) mass is 790 g/mol. The van der Waals surface area contributed by atoms with Crippen LogP contribution in [0.15, 0.2) is 52.8 Å². The van der Waals surface area contributed by atoms with Crippen molar-refractivity contribution < 1.29 is 58.9 Å². The molecule has 11 N–H and O–H groups in total. The van der Waals surface area contributed by atoms with Gasteiger partial charge in [-0.05, 0) is 43.0 Å². The number of phenolic OH excluding ortho intramolecular Hbond substituents is 1. The molecule has 0 aromatic heterocycles. The summed E-state index contributed by atoms with van der Waals surface area (Å²) in [5, 5.41) is 63.1. The lowest BCUT2D eigenvalue weighted by atomic mass is 9.75. The Morgan fingerprint density at radius 1 is 1.11 bits per heavy atom. The summed E-state index contributed by atoms with van der Waals surface area (Å²) in [6.45, 7) is 2.51. The molecule has 1 fully saturated rings. The highest BCUT2D eigenvalue weighted by Gasteiger charge is 2.57. The molecule has 6 rings (SSSR count). The third-order valence-electron chi connectivity index (χ3n) is 10.9. The van der Waals surface area contributed by atoms with Crippen LogP contribution >= 0.6 is 0 Å². The number of carbonyl (C=O) groups excluding carboxylic acids is 4. The van der Waals surface area contributed by atoms with Crippen molar-refractivity contribution >= 4 is 29.3 Å². The molecule has 304 valence electrons. The molecule has 1 saturated heterocycles. The Morgan fingerprint density at radius 3 is 2.42 bits per heavy atom. The second kappa shape index (κ2) is 16.0. The molecule has 57 heavy (non-hydrogen) atoms. The zero-order valence-electron chi connectivity index (χ0n) is 31.7. The van der Waals surface area contributed by atoms with Crippen molar-refractivity contribution in [2.75, 3.05) is 33.9 Å². The van der Waals surface area contributed by atoms with Crippen molar-refractivity contribution in [3.8, 4) is 17.2 Å². The number of ether oxygens (including phenoxy) is 3. The lowest BCUT2D eigenvalue weighted by molar-refractivity contribution is -0.316. The first-order valence-electron chi connectivity index (χ1n) is 18.2. The third-order valence-corrected chi connectivity index (χ3v) is 10.9. The van der Waals surface area contributed by atoms with Gasteiger partial charge in [-0.25, -0.2) is 0 Å². The van der Waals surface area contributed by atoms with Gasteiger partial charge in [-0.15, -0.1) is 0 Å². The molecule has 2 amide bonds. The van der Waals surface area contributed by atoms with Crippen molar-refractivity contribution in [1.29, 1.82) is 0 Å². The first kappa shape index (κ1) is 40.9. The van der Waals surface area contributed by atoms with Crippen LogP contribution in [0, 0.1) is 12.8 Å². The highest BCUT2D eigenvalue weighted by molar-refractivity contribution is 6.31. The minimum absolute atomic E-state index is 0.0275. The maximum absolute atomic E-state index is 14.5. The van der Waals surface area contributed by atoms with E-state index in [0.29, 0.717) is 16.7 Å². The van der Waals surface area contributed by atoms with E-state index in [9.17, 15) is 44.7 Å². The minimum atomic E-state index is -2.42. The standard InChI is InChI=1S/C39H46N6O12/c1-5-20-23(55-4)12-24(31-29(20)32(49)21-10-17(2)22(14-44-38(41)42-3)33(50)30(21)34(31)51)56-37-35(52)36(53)39(54,25(16-46)57-37)13-19(18-8-9-43-26(40)11-18)15-45-27(47)6-7-28(45)48/h6-8,10-12,19,25,35-37,43,46,50,52-54H,5,9,13-16,40H2,1-4H3,(H3,41,42,44). The van der Waals surface area contributed by atoms with Gasteiger partial charge in [0.1, 0.15) is 41.2 Å². The van der Waals surface area contributed by atoms with E-state index < -0.39 is 78.3 Å². The fourth-order valence-corrected chi connectivity index (χ4v) is 7.81. The van der Waals surface area contributed by atoms with Crippen molar-refractivity contribution in [3.05, 3.63) is 86.8 Å². The maximum Gasteiger partial charge on any atom is 0.253 e. The molecule has 0 spiro atoms. The number of carbonyl (C=O) groups is 4. The molecule has 4 aliphatic rings. The highest BCUT2D eigenvalue weighted by Crippen LogP contribution is 2.45. The zero-order valence-corrected chi connectivity index (χ0v) is 31.7. The number of hydrogen-bond acceptors (Lipinski definition) is 15. The molecule has 0 saturated carbocycles. The van der Waals surface area contributed by atoms with E-state index in [2.05, 4.69) is 15.6 Å². The summed E-state index contributed by atoms with van der Waals surface area (Å²) in [4.78, 5) is 58.7. The second-order valence-corrected chi connectivity index (χ2v) is 14.1. The molecule has 0 radical (unpaired) electrons. The minimum Gasteiger partial charge on any atom is -0.507 e. The first-order chi connectivity index (χ1) is 27.1. The molecule has 2 aromatic rings. The van der Waals surface area contributed by atoms with Crippen LogP contribution in [0.3, 0.4) is 0 Å². The van der Waals surface area contributed by atoms with Crippen LogP contribution in [0.1, 0.15) is 61.9 Å². The average molecular weight is 791 g/mol. The van der Waals surface area contributed by atoms with E-state index in [-0.39, 0.29) is 77.2 Å². The number of amides is 2. The van der Waals surface area contributed by atoms with Gasteiger partial charge in [0.2, 0.25) is 12.1 Å². The third kappa shape index (κ3) is 7.21. The van der Waals surface area contributed by atoms with E-state index in [4.69, 9.17) is 25.7 Å². The molecular formula is C39H46N6O12. The lowest BCUT2D eigenvalue weighted by Gasteiger charge is -2.49. The summed E-state index contributed by atoms with van der Waals surface area (Å²) in [6.07, 6.45) is -2.39. The lowest BCUT2D eigenvalue weighted by Crippen LogP contribution is -2.68. The molecule has 2 aromatic carbocycles. The molecule has 18 heteroatoms. The van der Waals surface area contributed by atoms with Gasteiger partial charge in [-0.2, -0.15) is 0 Å². The van der Waals surface area contributed by atoms with Gasteiger partial charge >= 0.3 is 0 Å². The van der Waals surface area contributed by atoms with Crippen molar-refractivity contribution in [2.24, 2.45) is 22.4 Å². The molecule has 0 bridgehead atoms. The van der Waals surface area contributed by atoms with E-state index in [1.807, 2.05) is 0 Å². The number of aliphatic hydroxyl groups excluding tert-OH is 3. The Bertz CT molecular complexity index is 2130. The summed E-state index contributed by atoms with van der Waals surface area (Å²) in [5.74, 6) is -3.76. The Labute approximate surface area is 327 Å². The predicted molar refractivity (Wildman–Crippen MR) is 202 cm³/mol. The first-order valence-corrected chi connectivity index (χ1v) is 18.2.